The molecule has 2 aromatic heterocycles. The molecule has 4 aromatic rings. The molecule has 2 aromatic carbocycles. The van der Waals surface area contributed by atoms with Gasteiger partial charge in [0.15, 0.2) is 0 Å². The van der Waals surface area contributed by atoms with Crippen molar-refractivity contribution in [1.82, 2.24) is 14.5 Å². The number of halogens is 6. The van der Waals surface area contributed by atoms with Crippen molar-refractivity contribution in [2.45, 2.75) is 39.3 Å². The van der Waals surface area contributed by atoms with E-state index in [0.29, 0.717) is 28.6 Å². The van der Waals surface area contributed by atoms with Crippen LogP contribution in [-0.4, -0.2) is 26.9 Å². The first-order chi connectivity index (χ1) is 18.7. The van der Waals surface area contributed by atoms with E-state index in [-0.39, 0.29) is 41.8 Å². The van der Waals surface area contributed by atoms with E-state index < -0.39 is 41.5 Å². The van der Waals surface area contributed by atoms with Crippen LogP contribution in [-0.2, 0) is 25.4 Å². The molecule has 0 saturated carbocycles. The number of aryl methyl sites for hydroxylation is 1. The van der Waals surface area contributed by atoms with Gasteiger partial charge in [0.1, 0.15) is 11.2 Å². The van der Waals surface area contributed by atoms with Gasteiger partial charge >= 0.3 is 12.4 Å². The average Bonchev–Trinajstić information content (AvgIpc) is 3.00. The number of pyridine rings is 2. The number of nitrogens with zero attached hydrogens (tertiary/aromatic N) is 3. The summed E-state index contributed by atoms with van der Waals surface area (Å²) in [6.45, 7) is 3.25. The number of aromatic nitrogens is 2. The van der Waals surface area contributed by atoms with Gasteiger partial charge in [-0.3, -0.25) is 14.6 Å². The molecule has 0 unspecified atom stereocenters. The van der Waals surface area contributed by atoms with Crippen LogP contribution in [0.25, 0.3) is 22.0 Å². The van der Waals surface area contributed by atoms with Gasteiger partial charge in [0.2, 0.25) is 0 Å². The number of rotatable bonds is 3. The van der Waals surface area contributed by atoms with Crippen LogP contribution in [0.3, 0.4) is 0 Å². The third-order valence-corrected chi connectivity index (χ3v) is 6.91. The Morgan fingerprint density at radius 2 is 1.52 bits per heavy atom. The summed E-state index contributed by atoms with van der Waals surface area (Å²) >= 11 is 0. The van der Waals surface area contributed by atoms with Crippen LogP contribution < -0.4 is 5.56 Å². The van der Waals surface area contributed by atoms with Gasteiger partial charge in [-0.05, 0) is 48.2 Å². The van der Waals surface area contributed by atoms with E-state index in [4.69, 9.17) is 0 Å². The van der Waals surface area contributed by atoms with Crippen LogP contribution in [0.1, 0.15) is 39.7 Å². The zero-order chi connectivity index (χ0) is 29.0. The molecule has 0 spiro atoms. The molecule has 1 aliphatic rings. The fraction of sp³-hybridized carbons (Fsp3) is 0.276. The van der Waals surface area contributed by atoms with Crippen LogP contribution in [0.15, 0.2) is 65.6 Å². The Labute approximate surface area is 224 Å². The van der Waals surface area contributed by atoms with Crippen molar-refractivity contribution in [3.63, 3.8) is 0 Å². The molecule has 1 amide bonds. The second kappa shape index (κ2) is 9.79. The van der Waals surface area contributed by atoms with E-state index in [9.17, 15) is 35.9 Å². The molecule has 0 aliphatic carbocycles. The topological polar surface area (TPSA) is 55.2 Å². The summed E-state index contributed by atoms with van der Waals surface area (Å²) in [5, 5.41) is 0.420. The molecule has 0 radical (unpaired) electrons. The summed E-state index contributed by atoms with van der Waals surface area (Å²) in [5.74, 6) is -1.02. The highest BCUT2D eigenvalue weighted by atomic mass is 19.4. The number of fused-ring (bicyclic) bond motifs is 2. The van der Waals surface area contributed by atoms with Gasteiger partial charge in [-0.25, -0.2) is 0 Å². The molecule has 40 heavy (non-hydrogen) atoms. The van der Waals surface area contributed by atoms with Crippen molar-refractivity contribution in [1.29, 1.82) is 0 Å². The van der Waals surface area contributed by atoms with Gasteiger partial charge in [0, 0.05) is 36.8 Å². The number of carbonyl (C=O) groups excluding carboxylic acids is 1. The van der Waals surface area contributed by atoms with Crippen LogP contribution in [0.4, 0.5) is 26.3 Å². The fourth-order valence-electron chi connectivity index (χ4n) is 5.12. The summed E-state index contributed by atoms with van der Waals surface area (Å²) in [5.41, 5.74) is -1.56. The maximum Gasteiger partial charge on any atom is 0.416 e. The minimum Gasteiger partial charge on any atom is -0.333 e. The van der Waals surface area contributed by atoms with E-state index in [2.05, 4.69) is 4.98 Å². The highest BCUT2D eigenvalue weighted by Gasteiger charge is 2.38. The first-order valence-corrected chi connectivity index (χ1v) is 12.4. The summed E-state index contributed by atoms with van der Waals surface area (Å²) in [7, 11) is 0. The van der Waals surface area contributed by atoms with Crippen LogP contribution in [0.2, 0.25) is 0 Å². The predicted molar refractivity (Wildman–Crippen MR) is 137 cm³/mol. The van der Waals surface area contributed by atoms with Gasteiger partial charge in [0.25, 0.3) is 11.5 Å². The van der Waals surface area contributed by atoms with Gasteiger partial charge in [-0.15, -0.1) is 0 Å². The van der Waals surface area contributed by atoms with Crippen molar-refractivity contribution in [2.75, 3.05) is 6.54 Å². The lowest BCUT2D eigenvalue weighted by Crippen LogP contribution is -2.34. The lowest BCUT2D eigenvalue weighted by atomic mass is 9.97. The summed E-state index contributed by atoms with van der Waals surface area (Å²) in [6, 6.07) is 11.8. The zero-order valence-corrected chi connectivity index (χ0v) is 21.4. The number of alkyl halides is 6. The lowest BCUT2D eigenvalue weighted by molar-refractivity contribution is -0.143. The number of benzene rings is 2. The molecule has 0 bridgehead atoms. The normalized spacial score (nSPS) is 16.2. The van der Waals surface area contributed by atoms with Gasteiger partial charge in [0.05, 0.1) is 11.1 Å². The number of hydrogen-bond donors (Lipinski definition) is 0. The third-order valence-electron chi connectivity index (χ3n) is 6.91. The molecule has 11 heteroatoms. The van der Waals surface area contributed by atoms with E-state index in [1.54, 1.807) is 31.2 Å². The quantitative estimate of drug-likeness (QED) is 0.263. The van der Waals surface area contributed by atoms with Crippen molar-refractivity contribution in [2.24, 2.45) is 5.92 Å². The van der Waals surface area contributed by atoms with Crippen molar-refractivity contribution in [3.8, 4) is 11.1 Å². The smallest absolute Gasteiger partial charge is 0.333 e. The first-order valence-electron chi connectivity index (χ1n) is 12.4. The Kier molecular flexibility index (Phi) is 6.71. The minimum absolute atomic E-state index is 0.00859. The molecule has 3 heterocycles. The number of amides is 1. The first kappa shape index (κ1) is 27.4. The highest BCUT2D eigenvalue weighted by molar-refractivity contribution is 6.07. The summed E-state index contributed by atoms with van der Waals surface area (Å²) < 4.78 is 82.2. The van der Waals surface area contributed by atoms with Crippen molar-refractivity contribution < 1.29 is 31.1 Å². The van der Waals surface area contributed by atoms with Crippen molar-refractivity contribution >= 4 is 16.8 Å². The Morgan fingerprint density at radius 3 is 2.12 bits per heavy atom. The largest absolute Gasteiger partial charge is 0.416 e. The summed E-state index contributed by atoms with van der Waals surface area (Å²) in [6.07, 6.45) is -8.57. The lowest BCUT2D eigenvalue weighted by Gasteiger charge is -2.25. The van der Waals surface area contributed by atoms with E-state index in [1.807, 2.05) is 19.1 Å². The zero-order valence-electron chi connectivity index (χ0n) is 21.4. The monoisotopic (exact) mass is 559 g/mol. The Hall–Kier alpha value is -4.15. The second-order valence-corrected chi connectivity index (χ2v) is 10.1. The standard InChI is InChI=1S/C29H23F6N3O2/c1-16-5-7-19(8-6-16)23-22-4-3-9-36-24(22)26(39)38-14-17(2)13-37(27(40)25(23)38)15-18-10-20(28(30,31)32)12-21(11-18)29(33,34)35/h3-12,17H,13-15H2,1-2H3/t17-/m1/s1. The van der Waals surface area contributed by atoms with E-state index in [0.717, 1.165) is 5.56 Å². The maximum atomic E-state index is 14.1. The molecular weight excluding hydrogens is 536 g/mol. The molecule has 0 saturated heterocycles. The number of hydrogen-bond acceptors (Lipinski definition) is 3. The summed E-state index contributed by atoms with van der Waals surface area (Å²) in [4.78, 5) is 33.1. The Balaban J connectivity index is 1.70. The van der Waals surface area contributed by atoms with Crippen LogP contribution >= 0.6 is 0 Å². The molecule has 1 atom stereocenters. The fourth-order valence-corrected chi connectivity index (χ4v) is 5.12. The Bertz CT molecular complexity index is 1640. The number of carbonyl (C=O) groups is 1. The second-order valence-electron chi connectivity index (χ2n) is 10.1. The Morgan fingerprint density at radius 1 is 0.900 bits per heavy atom. The van der Waals surface area contributed by atoms with Crippen LogP contribution in [0.5, 0.6) is 0 Å². The van der Waals surface area contributed by atoms with Crippen molar-refractivity contribution in [3.05, 3.63) is 99.1 Å². The van der Waals surface area contributed by atoms with Gasteiger partial charge < -0.3 is 9.47 Å². The average molecular weight is 560 g/mol. The van der Waals surface area contributed by atoms with E-state index in [1.165, 1.54) is 15.7 Å². The highest BCUT2D eigenvalue weighted by Crippen LogP contribution is 2.37. The molecule has 0 fully saturated rings. The molecular formula is C29H23F6N3O2. The van der Waals surface area contributed by atoms with Gasteiger partial charge in [-0.1, -0.05) is 42.8 Å². The molecule has 5 rings (SSSR count). The molecule has 5 nitrogen and oxygen atoms in total. The predicted octanol–water partition coefficient (Wildman–Crippen LogP) is 6.70. The SMILES string of the molecule is Cc1ccc(-c2c3n(c(=O)c4ncccc24)C[C@H](C)CN(Cc2cc(C(F)(F)F)cc(C(F)(F)F)c2)C3=O)cc1. The van der Waals surface area contributed by atoms with Gasteiger partial charge in [-0.2, -0.15) is 26.3 Å². The minimum atomic E-state index is -5.02. The molecule has 1 aliphatic heterocycles. The van der Waals surface area contributed by atoms with E-state index >= 15 is 0 Å². The maximum absolute atomic E-state index is 14.1. The molecule has 208 valence electrons. The third kappa shape index (κ3) is 5.07. The van der Waals surface area contributed by atoms with Crippen LogP contribution in [0, 0.1) is 12.8 Å². The molecule has 0 N–H and O–H groups in total.